The number of piperidine rings is 1. The number of halogens is 3. The average Bonchev–Trinajstić information content (AvgIpc) is 3.68. The Labute approximate surface area is 261 Å². The number of rotatable bonds is 7. The van der Waals surface area contributed by atoms with Gasteiger partial charge in [0.25, 0.3) is 5.91 Å². The zero-order valence-corrected chi connectivity index (χ0v) is 25.9. The second-order valence-corrected chi connectivity index (χ2v) is 13.0. The highest BCUT2D eigenvalue weighted by Crippen LogP contribution is 2.32. The van der Waals surface area contributed by atoms with Gasteiger partial charge >= 0.3 is 12.1 Å². The Hall–Kier alpha value is -4.58. The average molecular weight is 664 g/mol. The standard InChI is InChI=1S/C26H31N9O3S.C2HF3O2/c1-15-13-35-14-22(30-24(35)16(2)28-15)31-25(36)19-6-7-21(34-10-8-18(9-11-34)29-17-4-5-17)20-12-27-26(32-23(19)20)33-39(3,37)38;3-2(4,5)1(6)7/h6-7,12-14,17-18,29H,4-5,8-11H2,1-3H3,(H,31,36)(H,27,32,33);(H,6,7). The van der Waals surface area contributed by atoms with Gasteiger partial charge in [-0.3, -0.25) is 14.5 Å². The van der Waals surface area contributed by atoms with Crippen LogP contribution in [0.3, 0.4) is 0 Å². The van der Waals surface area contributed by atoms with Crippen molar-refractivity contribution in [1.82, 2.24) is 29.7 Å². The van der Waals surface area contributed by atoms with Crippen molar-refractivity contribution >= 4 is 55.9 Å². The molecule has 1 saturated carbocycles. The van der Waals surface area contributed by atoms with E-state index in [0.717, 1.165) is 49.3 Å². The zero-order valence-electron chi connectivity index (χ0n) is 25.1. The largest absolute Gasteiger partial charge is 0.490 e. The van der Waals surface area contributed by atoms with E-state index < -0.39 is 28.1 Å². The van der Waals surface area contributed by atoms with Crippen LogP contribution in [-0.2, 0) is 14.8 Å². The Morgan fingerprint density at radius 3 is 2.26 bits per heavy atom. The van der Waals surface area contributed by atoms with Crippen LogP contribution in [0.25, 0.3) is 16.6 Å². The molecule has 4 N–H and O–H groups in total. The molecular weight excluding hydrogens is 631 g/mol. The molecular formula is C28H32F3N9O5S. The number of nitrogens with one attached hydrogen (secondary N) is 3. The molecule has 246 valence electrons. The summed E-state index contributed by atoms with van der Waals surface area (Å²) in [5.41, 5.74) is 3.82. The van der Waals surface area contributed by atoms with Crippen LogP contribution in [-0.4, -0.2) is 87.3 Å². The smallest absolute Gasteiger partial charge is 0.475 e. The first-order valence-electron chi connectivity index (χ1n) is 14.3. The maximum Gasteiger partial charge on any atom is 0.490 e. The number of nitrogens with zero attached hydrogens (tertiary/aromatic N) is 6. The topological polar surface area (TPSA) is 184 Å². The van der Waals surface area contributed by atoms with Gasteiger partial charge in [0.1, 0.15) is 0 Å². The number of fused-ring (bicyclic) bond motifs is 2. The molecule has 0 radical (unpaired) electrons. The molecule has 0 unspecified atom stereocenters. The van der Waals surface area contributed by atoms with Crippen molar-refractivity contribution < 1.29 is 36.3 Å². The Balaban J connectivity index is 0.000000537. The molecule has 46 heavy (non-hydrogen) atoms. The molecule has 2 fully saturated rings. The third-order valence-electron chi connectivity index (χ3n) is 7.34. The maximum atomic E-state index is 13.5. The lowest BCUT2D eigenvalue weighted by molar-refractivity contribution is -0.192. The first-order chi connectivity index (χ1) is 21.6. The first kappa shape index (κ1) is 32.8. The quantitative estimate of drug-likeness (QED) is 0.228. The van der Waals surface area contributed by atoms with Crippen molar-refractivity contribution in [2.45, 2.75) is 57.8 Å². The van der Waals surface area contributed by atoms with Crippen molar-refractivity contribution in [2.24, 2.45) is 0 Å². The van der Waals surface area contributed by atoms with Gasteiger partial charge in [0, 0.05) is 48.6 Å². The maximum absolute atomic E-state index is 13.5. The fourth-order valence-electron chi connectivity index (χ4n) is 5.20. The second kappa shape index (κ2) is 12.7. The van der Waals surface area contributed by atoms with E-state index in [1.54, 1.807) is 18.5 Å². The van der Waals surface area contributed by atoms with Gasteiger partial charge in [0.2, 0.25) is 16.0 Å². The van der Waals surface area contributed by atoms with Crippen LogP contribution in [0, 0.1) is 13.8 Å². The monoisotopic (exact) mass is 663 g/mol. The van der Waals surface area contributed by atoms with Crippen LogP contribution < -0.4 is 20.3 Å². The van der Waals surface area contributed by atoms with Crippen LogP contribution in [0.4, 0.5) is 30.6 Å². The SMILES string of the molecule is Cc1cn2cc(NC(=O)c3ccc(N4CCC(NC5CC5)CC4)c4cnc(NS(C)(=O)=O)nc34)nc2c(C)n1.O=C(O)C(F)(F)F. The molecule has 1 aliphatic heterocycles. The molecule has 18 heteroatoms. The summed E-state index contributed by atoms with van der Waals surface area (Å²) in [5, 5.41) is 14.4. The number of aromatic nitrogens is 5. The number of aryl methyl sites for hydroxylation is 2. The Morgan fingerprint density at radius 1 is 1.00 bits per heavy atom. The van der Waals surface area contributed by atoms with Crippen molar-refractivity contribution in [3.05, 3.63) is 47.7 Å². The fourth-order valence-corrected chi connectivity index (χ4v) is 5.63. The van der Waals surface area contributed by atoms with Gasteiger partial charge in [-0.25, -0.2) is 28.2 Å². The van der Waals surface area contributed by atoms with E-state index in [1.165, 1.54) is 12.8 Å². The van der Waals surface area contributed by atoms with Gasteiger partial charge in [0.15, 0.2) is 11.5 Å². The molecule has 0 spiro atoms. The number of carbonyl (C=O) groups is 2. The minimum absolute atomic E-state index is 0.0894. The minimum atomic E-state index is -5.08. The number of alkyl halides is 3. The van der Waals surface area contributed by atoms with E-state index in [9.17, 15) is 26.4 Å². The molecule has 1 aliphatic carbocycles. The normalized spacial score (nSPS) is 15.8. The predicted octanol–water partition coefficient (Wildman–Crippen LogP) is 3.27. The minimum Gasteiger partial charge on any atom is -0.475 e. The van der Waals surface area contributed by atoms with Crippen molar-refractivity contribution in [3.8, 4) is 0 Å². The summed E-state index contributed by atoms with van der Waals surface area (Å²) in [6, 6.07) is 4.83. The third kappa shape index (κ3) is 7.97. The molecule has 0 atom stereocenters. The van der Waals surface area contributed by atoms with Gasteiger partial charge in [-0.2, -0.15) is 13.2 Å². The summed E-state index contributed by atoms with van der Waals surface area (Å²) in [6.07, 6.45) is 5.69. The molecule has 6 rings (SSSR count). The number of hydrogen-bond donors (Lipinski definition) is 4. The highest BCUT2D eigenvalue weighted by molar-refractivity contribution is 7.92. The zero-order chi connectivity index (χ0) is 33.4. The van der Waals surface area contributed by atoms with E-state index >= 15 is 0 Å². The van der Waals surface area contributed by atoms with Gasteiger partial charge in [-0.05, 0) is 51.7 Å². The van der Waals surface area contributed by atoms with Gasteiger partial charge in [0.05, 0.1) is 34.9 Å². The van der Waals surface area contributed by atoms with E-state index in [0.29, 0.717) is 40.0 Å². The van der Waals surface area contributed by atoms with E-state index in [-0.39, 0.29) is 5.95 Å². The number of carboxylic acids is 1. The number of carboxylic acid groups (broad SMARTS) is 1. The number of aliphatic carboxylic acids is 1. The fraction of sp³-hybridized carbons (Fsp3) is 0.429. The van der Waals surface area contributed by atoms with Crippen molar-refractivity contribution in [2.75, 3.05) is 34.3 Å². The molecule has 0 bridgehead atoms. The highest BCUT2D eigenvalue weighted by atomic mass is 32.2. The van der Waals surface area contributed by atoms with Crippen LogP contribution >= 0.6 is 0 Å². The molecule has 4 heterocycles. The molecule has 1 aromatic carbocycles. The van der Waals surface area contributed by atoms with Crippen LogP contribution in [0.1, 0.15) is 47.4 Å². The molecule has 4 aromatic rings. The summed E-state index contributed by atoms with van der Waals surface area (Å²) in [5.74, 6) is -2.88. The summed E-state index contributed by atoms with van der Waals surface area (Å²) < 4.78 is 59.6. The van der Waals surface area contributed by atoms with Gasteiger partial charge in [-0.1, -0.05) is 0 Å². The summed E-state index contributed by atoms with van der Waals surface area (Å²) in [4.78, 5) is 42.3. The number of hydrogen-bond acceptors (Lipinski definition) is 10. The van der Waals surface area contributed by atoms with Crippen LogP contribution in [0.15, 0.2) is 30.7 Å². The molecule has 2 aliphatic rings. The number of imidazole rings is 1. The van der Waals surface area contributed by atoms with Crippen LogP contribution in [0.2, 0.25) is 0 Å². The number of carbonyl (C=O) groups excluding carboxylic acids is 1. The number of amides is 1. The summed E-state index contributed by atoms with van der Waals surface area (Å²) in [7, 11) is -3.60. The van der Waals surface area contributed by atoms with Gasteiger partial charge < -0.3 is 25.0 Å². The Bertz CT molecular complexity index is 1900. The number of benzene rings is 1. The molecule has 14 nitrogen and oxygen atoms in total. The third-order valence-corrected chi connectivity index (χ3v) is 7.90. The molecule has 1 saturated heterocycles. The van der Waals surface area contributed by atoms with Crippen molar-refractivity contribution in [3.63, 3.8) is 0 Å². The summed E-state index contributed by atoms with van der Waals surface area (Å²) in [6.45, 7) is 5.49. The lowest BCUT2D eigenvalue weighted by atomic mass is 10.0. The van der Waals surface area contributed by atoms with Crippen LogP contribution in [0.5, 0.6) is 0 Å². The number of sulfonamides is 1. The number of anilines is 3. The predicted molar refractivity (Wildman–Crippen MR) is 164 cm³/mol. The highest BCUT2D eigenvalue weighted by Gasteiger charge is 2.38. The molecule has 3 aromatic heterocycles. The Kier molecular flexibility index (Phi) is 9.03. The molecule has 1 amide bonds. The summed E-state index contributed by atoms with van der Waals surface area (Å²) >= 11 is 0. The first-order valence-corrected chi connectivity index (χ1v) is 16.2. The van der Waals surface area contributed by atoms with Crippen molar-refractivity contribution in [1.29, 1.82) is 0 Å². The van der Waals surface area contributed by atoms with E-state index in [2.05, 4.69) is 40.2 Å². The lowest BCUT2D eigenvalue weighted by Gasteiger charge is -2.34. The van der Waals surface area contributed by atoms with E-state index in [4.69, 9.17) is 9.90 Å². The Morgan fingerprint density at radius 2 is 1.65 bits per heavy atom. The van der Waals surface area contributed by atoms with E-state index in [1.807, 2.05) is 30.5 Å². The lowest BCUT2D eigenvalue weighted by Crippen LogP contribution is -2.43. The second-order valence-electron chi connectivity index (χ2n) is 11.2. The van der Waals surface area contributed by atoms with Gasteiger partial charge in [-0.15, -0.1) is 0 Å².